The van der Waals surface area contributed by atoms with Gasteiger partial charge < -0.3 is 4.74 Å². The summed E-state index contributed by atoms with van der Waals surface area (Å²) in [5.74, 6) is 0.773. The fourth-order valence-electron chi connectivity index (χ4n) is 1.94. The second kappa shape index (κ2) is 7.74. The first-order valence-corrected chi connectivity index (χ1v) is 8.65. The highest BCUT2D eigenvalue weighted by Gasteiger charge is 2.23. The van der Waals surface area contributed by atoms with Crippen molar-refractivity contribution in [3.63, 3.8) is 0 Å². The topological polar surface area (TPSA) is 38.7 Å². The predicted molar refractivity (Wildman–Crippen MR) is 87.8 cm³/mol. The highest BCUT2D eigenvalue weighted by Crippen LogP contribution is 2.36. The van der Waals surface area contributed by atoms with E-state index in [0.29, 0.717) is 0 Å². The Hall–Kier alpha value is -0.940. The molecule has 1 aromatic carbocycles. The van der Waals surface area contributed by atoms with E-state index in [9.17, 15) is 4.79 Å². The quantitative estimate of drug-likeness (QED) is 0.756. The van der Waals surface area contributed by atoms with E-state index in [0.717, 1.165) is 35.1 Å². The number of unbranched alkanes of at least 4 members (excludes halogenated alkanes) is 1. The summed E-state index contributed by atoms with van der Waals surface area (Å²) in [5.41, 5.74) is 2.28. The van der Waals surface area contributed by atoms with E-state index in [2.05, 4.69) is 18.0 Å². The third kappa shape index (κ3) is 4.03. The minimum Gasteiger partial charge on any atom is -0.468 e. The average molecular weight is 309 g/mol. The number of fused-ring (bicyclic) bond motifs is 1. The van der Waals surface area contributed by atoms with Gasteiger partial charge in [-0.1, -0.05) is 61.5 Å². The van der Waals surface area contributed by atoms with Gasteiger partial charge in [-0.15, -0.1) is 0 Å². The van der Waals surface area contributed by atoms with Gasteiger partial charge in [-0.25, -0.2) is 4.99 Å². The number of methoxy groups -OCH3 is 1. The molecule has 0 radical (unpaired) electrons. The smallest absolute Gasteiger partial charge is 0.319 e. The van der Waals surface area contributed by atoms with Gasteiger partial charge in [-0.2, -0.15) is 0 Å². The van der Waals surface area contributed by atoms with Crippen LogP contribution >= 0.6 is 23.5 Å². The van der Waals surface area contributed by atoms with Crippen LogP contribution in [0.25, 0.3) is 0 Å². The Bertz CT molecular complexity index is 502. The molecule has 108 valence electrons. The number of carbonyl (C=O) groups excluding carboxylic acids is 1. The van der Waals surface area contributed by atoms with Crippen LogP contribution in [-0.4, -0.2) is 22.7 Å². The van der Waals surface area contributed by atoms with Crippen molar-refractivity contribution in [2.45, 2.75) is 37.2 Å². The first kappa shape index (κ1) is 15.4. The lowest BCUT2D eigenvalue weighted by Gasteiger charge is -2.18. The molecule has 0 saturated heterocycles. The van der Waals surface area contributed by atoms with Crippen LogP contribution in [0.1, 0.15) is 31.7 Å². The lowest BCUT2D eigenvalue weighted by atomic mass is 10.2. The molecule has 2 rings (SSSR count). The minimum absolute atomic E-state index is 0.142. The molecule has 0 bridgehead atoms. The minimum atomic E-state index is -0.148. The Kier molecular flexibility index (Phi) is 5.98. The molecule has 3 nitrogen and oxygen atoms in total. The number of esters is 1. The molecule has 0 N–H and O–H groups in total. The number of hydrogen-bond donors (Lipinski definition) is 0. The number of para-hydroxylation sites is 1. The van der Waals surface area contributed by atoms with Gasteiger partial charge >= 0.3 is 5.97 Å². The molecule has 0 amide bonds. The van der Waals surface area contributed by atoms with Crippen molar-refractivity contribution in [2.75, 3.05) is 7.11 Å². The van der Waals surface area contributed by atoms with E-state index in [1.165, 1.54) is 12.7 Å². The van der Waals surface area contributed by atoms with E-state index in [1.807, 2.05) is 18.2 Å². The third-order valence-corrected chi connectivity index (χ3v) is 5.52. The Balaban J connectivity index is 2.07. The molecule has 0 aromatic heterocycles. The second-order valence-electron chi connectivity index (χ2n) is 4.57. The highest BCUT2D eigenvalue weighted by atomic mass is 32.2. The van der Waals surface area contributed by atoms with Crippen LogP contribution < -0.4 is 0 Å². The van der Waals surface area contributed by atoms with Crippen molar-refractivity contribution in [2.24, 2.45) is 4.99 Å². The largest absolute Gasteiger partial charge is 0.468 e. The van der Waals surface area contributed by atoms with Gasteiger partial charge in [0.1, 0.15) is 9.63 Å². The Morgan fingerprint density at radius 2 is 2.30 bits per heavy atom. The normalized spacial score (nSPS) is 15.2. The Morgan fingerprint density at radius 3 is 3.05 bits per heavy atom. The number of ether oxygens (including phenoxy) is 1. The predicted octanol–water partition coefficient (Wildman–Crippen LogP) is 4.39. The molecule has 1 heterocycles. The zero-order valence-electron chi connectivity index (χ0n) is 11.8. The summed E-state index contributed by atoms with van der Waals surface area (Å²) >= 11 is 3.24. The first-order valence-electron chi connectivity index (χ1n) is 6.78. The molecule has 0 fully saturated rings. The third-order valence-electron chi connectivity index (χ3n) is 3.08. The number of hydrogen-bond acceptors (Lipinski definition) is 5. The zero-order chi connectivity index (χ0) is 14.4. The number of carbonyl (C=O) groups is 1. The fourth-order valence-corrected chi connectivity index (χ4v) is 4.29. The maximum Gasteiger partial charge on any atom is 0.319 e. The summed E-state index contributed by atoms with van der Waals surface area (Å²) in [6.45, 7) is 2.13. The average Bonchev–Trinajstić information content (AvgIpc) is 2.50. The number of nitrogens with zero attached hydrogens (tertiary/aromatic N) is 1. The van der Waals surface area contributed by atoms with E-state index >= 15 is 0 Å². The lowest BCUT2D eigenvalue weighted by Crippen LogP contribution is -2.20. The van der Waals surface area contributed by atoms with Gasteiger partial charge in [0.05, 0.1) is 12.8 Å². The van der Waals surface area contributed by atoms with Crippen molar-refractivity contribution in [3.8, 4) is 0 Å². The SMILES string of the molecule is CCCCC(SC1=Nc2ccccc2CS1)C(=O)OC. The van der Waals surface area contributed by atoms with Crippen LogP contribution in [0.5, 0.6) is 0 Å². The molecular formula is C15H19NO2S2. The maximum absolute atomic E-state index is 11.8. The summed E-state index contributed by atoms with van der Waals surface area (Å²) in [5, 5.41) is -0.142. The Labute approximate surface area is 128 Å². The lowest BCUT2D eigenvalue weighted by molar-refractivity contribution is -0.140. The van der Waals surface area contributed by atoms with Crippen LogP contribution in [0.15, 0.2) is 29.3 Å². The number of rotatable bonds is 5. The van der Waals surface area contributed by atoms with E-state index < -0.39 is 0 Å². The standard InChI is InChI=1S/C15H19NO2S2/c1-3-4-9-13(14(17)18-2)20-15-16-12-8-6-5-7-11(12)10-19-15/h5-8,13H,3-4,9-10H2,1-2H3. The zero-order valence-corrected chi connectivity index (χ0v) is 13.4. The molecule has 1 aliphatic rings. The monoisotopic (exact) mass is 309 g/mol. The van der Waals surface area contributed by atoms with Crippen molar-refractivity contribution in [3.05, 3.63) is 29.8 Å². The number of thioether (sulfide) groups is 2. The van der Waals surface area contributed by atoms with Gasteiger partial charge in [0.15, 0.2) is 0 Å². The molecule has 20 heavy (non-hydrogen) atoms. The van der Waals surface area contributed by atoms with E-state index in [1.54, 1.807) is 23.5 Å². The highest BCUT2D eigenvalue weighted by molar-refractivity contribution is 8.39. The number of benzene rings is 1. The Morgan fingerprint density at radius 1 is 1.50 bits per heavy atom. The fraction of sp³-hybridized carbons (Fsp3) is 0.467. The maximum atomic E-state index is 11.8. The van der Waals surface area contributed by atoms with Crippen molar-refractivity contribution in [1.82, 2.24) is 0 Å². The van der Waals surface area contributed by atoms with Crippen molar-refractivity contribution < 1.29 is 9.53 Å². The van der Waals surface area contributed by atoms with Crippen LogP contribution in [0.2, 0.25) is 0 Å². The van der Waals surface area contributed by atoms with E-state index in [4.69, 9.17) is 4.74 Å². The van der Waals surface area contributed by atoms with Crippen molar-refractivity contribution in [1.29, 1.82) is 0 Å². The van der Waals surface area contributed by atoms with Gasteiger partial charge in [-0.05, 0) is 18.1 Å². The molecule has 1 aromatic rings. The molecular weight excluding hydrogens is 290 g/mol. The van der Waals surface area contributed by atoms with Gasteiger partial charge in [0, 0.05) is 5.75 Å². The van der Waals surface area contributed by atoms with Gasteiger partial charge in [-0.3, -0.25) is 4.79 Å². The van der Waals surface area contributed by atoms with Crippen LogP contribution in [0, 0.1) is 0 Å². The summed E-state index contributed by atoms with van der Waals surface area (Å²) in [6.07, 6.45) is 2.95. The van der Waals surface area contributed by atoms with Crippen molar-refractivity contribution >= 4 is 39.6 Å². The molecule has 0 aliphatic carbocycles. The summed E-state index contributed by atoms with van der Waals surface area (Å²) in [7, 11) is 1.45. The molecule has 0 saturated carbocycles. The van der Waals surface area contributed by atoms with Gasteiger partial charge in [0.25, 0.3) is 0 Å². The summed E-state index contributed by atoms with van der Waals surface area (Å²) in [6, 6.07) is 8.15. The summed E-state index contributed by atoms with van der Waals surface area (Å²) < 4.78 is 5.86. The molecule has 1 unspecified atom stereocenters. The van der Waals surface area contributed by atoms with Crippen LogP contribution in [0.3, 0.4) is 0 Å². The molecule has 0 spiro atoms. The van der Waals surface area contributed by atoms with Crippen LogP contribution in [-0.2, 0) is 15.3 Å². The molecule has 1 aliphatic heterocycles. The molecule has 1 atom stereocenters. The van der Waals surface area contributed by atoms with E-state index in [-0.39, 0.29) is 11.2 Å². The molecule has 5 heteroatoms. The van der Waals surface area contributed by atoms with Crippen LogP contribution in [0.4, 0.5) is 5.69 Å². The second-order valence-corrected chi connectivity index (χ2v) is 6.98. The summed E-state index contributed by atoms with van der Waals surface area (Å²) in [4.78, 5) is 16.5. The van der Waals surface area contributed by atoms with Gasteiger partial charge in [0.2, 0.25) is 0 Å². The number of aliphatic imine (C=N–C) groups is 1. The first-order chi connectivity index (χ1) is 9.74.